The van der Waals surface area contributed by atoms with Crippen LogP contribution in [-0.4, -0.2) is 4.98 Å². The lowest BCUT2D eigenvalue weighted by molar-refractivity contribution is 0.625. The second kappa shape index (κ2) is 5.02. The topological polar surface area (TPSA) is 24.9 Å². The first-order valence-electron chi connectivity index (χ1n) is 4.91. The van der Waals surface area contributed by atoms with E-state index in [9.17, 15) is 4.39 Å². The van der Waals surface area contributed by atoms with Gasteiger partial charge >= 0.3 is 0 Å². The molecular formula is C12H9BrClFN2. The molecule has 0 atom stereocenters. The Hall–Kier alpha value is -1.13. The Morgan fingerprint density at radius 3 is 2.88 bits per heavy atom. The van der Waals surface area contributed by atoms with Crippen molar-refractivity contribution >= 4 is 39.0 Å². The monoisotopic (exact) mass is 314 g/mol. The minimum atomic E-state index is -0.418. The molecule has 1 heterocycles. The zero-order chi connectivity index (χ0) is 12.4. The highest BCUT2D eigenvalue weighted by molar-refractivity contribution is 9.10. The van der Waals surface area contributed by atoms with Gasteiger partial charge in [-0.15, -0.1) is 0 Å². The Labute approximate surface area is 112 Å². The summed E-state index contributed by atoms with van der Waals surface area (Å²) in [6.45, 7) is 1.86. The normalized spacial score (nSPS) is 10.4. The quantitative estimate of drug-likeness (QED) is 0.869. The smallest absolute Gasteiger partial charge is 0.166 e. The maximum absolute atomic E-state index is 13.6. The number of hydrogen-bond acceptors (Lipinski definition) is 2. The van der Waals surface area contributed by atoms with Gasteiger partial charge in [-0.1, -0.05) is 17.7 Å². The summed E-state index contributed by atoms with van der Waals surface area (Å²) in [5.74, 6) is -0.239. The van der Waals surface area contributed by atoms with Crippen LogP contribution in [0.1, 0.15) is 5.56 Å². The SMILES string of the molecule is Cc1c(Cl)cccc1Nc1ncc(Br)cc1F. The van der Waals surface area contributed by atoms with Gasteiger partial charge in [0, 0.05) is 21.4 Å². The van der Waals surface area contributed by atoms with E-state index < -0.39 is 5.82 Å². The van der Waals surface area contributed by atoms with Gasteiger partial charge in [-0.3, -0.25) is 0 Å². The first kappa shape index (κ1) is 12.3. The number of benzene rings is 1. The minimum absolute atomic E-state index is 0.179. The van der Waals surface area contributed by atoms with E-state index in [1.165, 1.54) is 12.3 Å². The standard InChI is InChI=1S/C12H9BrClFN2/c1-7-9(14)3-2-4-11(7)17-12-10(15)5-8(13)6-16-12/h2-6H,1H3,(H,16,17). The number of nitrogens with zero attached hydrogens (tertiary/aromatic N) is 1. The highest BCUT2D eigenvalue weighted by Crippen LogP contribution is 2.27. The van der Waals surface area contributed by atoms with Gasteiger partial charge < -0.3 is 5.32 Å². The highest BCUT2D eigenvalue weighted by Gasteiger charge is 2.07. The highest BCUT2D eigenvalue weighted by atomic mass is 79.9. The van der Waals surface area contributed by atoms with Crippen molar-refractivity contribution in [2.45, 2.75) is 6.92 Å². The third kappa shape index (κ3) is 2.76. The summed E-state index contributed by atoms with van der Waals surface area (Å²) in [5.41, 5.74) is 1.60. The summed E-state index contributed by atoms with van der Waals surface area (Å²) < 4.78 is 14.2. The maximum atomic E-state index is 13.6. The van der Waals surface area contributed by atoms with Gasteiger partial charge in [-0.05, 0) is 46.6 Å². The molecule has 2 nitrogen and oxygen atoms in total. The predicted molar refractivity (Wildman–Crippen MR) is 71.4 cm³/mol. The molecule has 0 spiro atoms. The molecule has 1 aromatic carbocycles. The molecule has 0 saturated carbocycles. The second-order valence-corrected chi connectivity index (χ2v) is 4.84. The van der Waals surface area contributed by atoms with E-state index in [4.69, 9.17) is 11.6 Å². The Balaban J connectivity index is 2.35. The van der Waals surface area contributed by atoms with Crippen molar-refractivity contribution in [3.05, 3.63) is 51.3 Å². The first-order chi connectivity index (χ1) is 8.08. The Kier molecular flexibility index (Phi) is 3.64. The summed E-state index contributed by atoms with van der Waals surface area (Å²) in [5, 5.41) is 3.55. The van der Waals surface area contributed by atoms with E-state index in [0.29, 0.717) is 9.50 Å². The average molecular weight is 316 g/mol. The Morgan fingerprint density at radius 2 is 2.18 bits per heavy atom. The Bertz CT molecular complexity index is 560. The fourth-order valence-corrected chi connectivity index (χ4v) is 1.85. The van der Waals surface area contributed by atoms with Crippen LogP contribution in [0.3, 0.4) is 0 Å². The lowest BCUT2D eigenvalue weighted by Crippen LogP contribution is -1.98. The predicted octanol–water partition coefficient (Wildman–Crippen LogP) is 4.69. The molecule has 0 fully saturated rings. The molecule has 1 N–H and O–H groups in total. The van der Waals surface area contributed by atoms with E-state index >= 15 is 0 Å². The molecule has 17 heavy (non-hydrogen) atoms. The largest absolute Gasteiger partial charge is 0.338 e. The summed E-state index contributed by atoms with van der Waals surface area (Å²) in [6, 6.07) is 6.77. The van der Waals surface area contributed by atoms with Crippen molar-refractivity contribution in [1.29, 1.82) is 0 Å². The first-order valence-corrected chi connectivity index (χ1v) is 6.08. The molecule has 1 aromatic heterocycles. The van der Waals surface area contributed by atoms with Crippen molar-refractivity contribution in [1.82, 2.24) is 4.98 Å². The molecule has 5 heteroatoms. The minimum Gasteiger partial charge on any atom is -0.338 e. The van der Waals surface area contributed by atoms with Gasteiger partial charge in [0.25, 0.3) is 0 Å². The molecule has 0 amide bonds. The Morgan fingerprint density at radius 1 is 1.41 bits per heavy atom. The number of hydrogen-bond donors (Lipinski definition) is 1. The molecule has 2 aromatic rings. The molecule has 0 bridgehead atoms. The van der Waals surface area contributed by atoms with Crippen molar-refractivity contribution < 1.29 is 4.39 Å². The van der Waals surface area contributed by atoms with Crippen LogP contribution in [0.15, 0.2) is 34.9 Å². The average Bonchev–Trinajstić information content (AvgIpc) is 2.28. The molecular weight excluding hydrogens is 307 g/mol. The molecule has 2 rings (SSSR count). The van der Waals surface area contributed by atoms with Crippen LogP contribution in [0.2, 0.25) is 5.02 Å². The third-order valence-electron chi connectivity index (χ3n) is 2.33. The lowest BCUT2D eigenvalue weighted by Gasteiger charge is -2.10. The van der Waals surface area contributed by atoms with E-state index in [2.05, 4.69) is 26.2 Å². The molecule has 0 unspecified atom stereocenters. The number of aromatic nitrogens is 1. The van der Waals surface area contributed by atoms with Crippen LogP contribution in [-0.2, 0) is 0 Å². The van der Waals surface area contributed by atoms with Gasteiger partial charge in [0.15, 0.2) is 11.6 Å². The summed E-state index contributed by atoms with van der Waals surface area (Å²) in [7, 11) is 0. The van der Waals surface area contributed by atoms with Crippen molar-refractivity contribution in [3.8, 4) is 0 Å². The van der Waals surface area contributed by atoms with Crippen LogP contribution < -0.4 is 5.32 Å². The van der Waals surface area contributed by atoms with Crippen LogP contribution in [0.4, 0.5) is 15.9 Å². The number of pyridine rings is 1. The van der Waals surface area contributed by atoms with Crippen molar-refractivity contribution in [3.63, 3.8) is 0 Å². The van der Waals surface area contributed by atoms with Crippen LogP contribution >= 0.6 is 27.5 Å². The van der Waals surface area contributed by atoms with Gasteiger partial charge in [0.2, 0.25) is 0 Å². The van der Waals surface area contributed by atoms with Gasteiger partial charge in [-0.25, -0.2) is 9.37 Å². The van der Waals surface area contributed by atoms with Crippen LogP contribution in [0, 0.1) is 12.7 Å². The fourth-order valence-electron chi connectivity index (χ4n) is 1.38. The van der Waals surface area contributed by atoms with Crippen LogP contribution in [0.5, 0.6) is 0 Å². The summed E-state index contributed by atoms with van der Waals surface area (Å²) in [6.07, 6.45) is 1.53. The zero-order valence-electron chi connectivity index (χ0n) is 8.97. The van der Waals surface area contributed by atoms with Gasteiger partial charge in [0.1, 0.15) is 0 Å². The van der Waals surface area contributed by atoms with Crippen molar-refractivity contribution in [2.24, 2.45) is 0 Å². The zero-order valence-corrected chi connectivity index (χ0v) is 11.3. The number of nitrogens with one attached hydrogen (secondary N) is 1. The number of rotatable bonds is 2. The third-order valence-corrected chi connectivity index (χ3v) is 3.17. The second-order valence-electron chi connectivity index (χ2n) is 3.52. The number of anilines is 2. The van der Waals surface area contributed by atoms with Crippen molar-refractivity contribution in [2.75, 3.05) is 5.32 Å². The van der Waals surface area contributed by atoms with Gasteiger partial charge in [-0.2, -0.15) is 0 Å². The molecule has 0 radical (unpaired) electrons. The lowest BCUT2D eigenvalue weighted by atomic mass is 10.2. The molecule has 88 valence electrons. The summed E-state index contributed by atoms with van der Waals surface area (Å²) >= 11 is 9.14. The summed E-state index contributed by atoms with van der Waals surface area (Å²) in [4.78, 5) is 3.97. The maximum Gasteiger partial charge on any atom is 0.166 e. The molecule has 0 aliphatic carbocycles. The number of halogens is 3. The van der Waals surface area contributed by atoms with E-state index in [1.807, 2.05) is 13.0 Å². The molecule has 0 aliphatic heterocycles. The molecule has 0 aliphatic rings. The van der Waals surface area contributed by atoms with Crippen LogP contribution in [0.25, 0.3) is 0 Å². The fraction of sp³-hybridized carbons (Fsp3) is 0.0833. The molecule has 0 saturated heterocycles. The van der Waals surface area contributed by atoms with E-state index in [0.717, 1.165) is 11.3 Å². The van der Waals surface area contributed by atoms with E-state index in [1.54, 1.807) is 12.1 Å². The van der Waals surface area contributed by atoms with Gasteiger partial charge in [0.05, 0.1) is 0 Å². The van der Waals surface area contributed by atoms with E-state index in [-0.39, 0.29) is 5.82 Å².